The SMILES string of the molecule is C[Si]1(CCCOC(F)(F)C(F)(F)C(F)(F)F)O[Si](C)(CCCOC(F)(F)C(F)(F)C(F)(F)F)O[Si](C)(CCCOC(F)(F)C(F)(F)C(F)(F)F)O1. The van der Waals surface area contributed by atoms with E-state index >= 15 is 0 Å². The van der Waals surface area contributed by atoms with E-state index in [1.54, 1.807) is 0 Å². The summed E-state index contributed by atoms with van der Waals surface area (Å²) < 4.78 is 298. The molecule has 0 aromatic heterocycles. The summed E-state index contributed by atoms with van der Waals surface area (Å²) in [5.74, 6) is -20.0. The maximum Gasteiger partial charge on any atom is 0.462 e. The molecule has 1 saturated heterocycles. The van der Waals surface area contributed by atoms with Crippen LogP contribution in [0.2, 0.25) is 37.8 Å². The van der Waals surface area contributed by atoms with Crippen LogP contribution in [0.5, 0.6) is 0 Å². The van der Waals surface area contributed by atoms with E-state index in [-0.39, 0.29) is 0 Å². The molecule has 0 atom stereocenters. The van der Waals surface area contributed by atoms with Crippen molar-refractivity contribution in [2.45, 2.75) is 112 Å². The fourth-order valence-electron chi connectivity index (χ4n) is 4.29. The van der Waals surface area contributed by atoms with Crippen LogP contribution >= 0.6 is 0 Å². The van der Waals surface area contributed by atoms with Crippen LogP contribution in [0.3, 0.4) is 0 Å². The predicted molar refractivity (Wildman–Crippen MR) is 132 cm³/mol. The second-order valence-corrected chi connectivity index (χ2v) is 22.1. The van der Waals surface area contributed by atoms with Crippen LogP contribution in [0, 0.1) is 0 Å². The van der Waals surface area contributed by atoms with Gasteiger partial charge in [-0.15, -0.1) is 0 Å². The van der Waals surface area contributed by atoms with Crippen molar-refractivity contribution >= 4 is 25.7 Å². The summed E-state index contributed by atoms with van der Waals surface area (Å²) >= 11 is 0. The van der Waals surface area contributed by atoms with Crippen LogP contribution in [-0.4, -0.2) is 100 Å². The topological polar surface area (TPSA) is 55.4 Å². The first kappa shape index (κ1) is 48.0. The summed E-state index contributed by atoms with van der Waals surface area (Å²) in [6.45, 7) is -1.35. The zero-order valence-electron chi connectivity index (χ0n) is 25.8. The summed E-state index contributed by atoms with van der Waals surface area (Å²) in [7, 11) is -12.1. The zero-order valence-corrected chi connectivity index (χ0v) is 28.8. The van der Waals surface area contributed by atoms with Gasteiger partial charge in [0.1, 0.15) is 0 Å². The molecule has 0 spiro atoms. The average molecular weight is 859 g/mol. The van der Waals surface area contributed by atoms with Crippen LogP contribution in [0.15, 0.2) is 0 Å². The maximum absolute atomic E-state index is 13.5. The van der Waals surface area contributed by atoms with E-state index in [2.05, 4.69) is 14.2 Å². The number of ether oxygens (including phenoxy) is 3. The van der Waals surface area contributed by atoms with Crippen molar-refractivity contribution < 1.29 is 119 Å². The first-order valence-corrected chi connectivity index (χ1v) is 21.3. The number of alkyl halides is 21. The summed E-state index contributed by atoms with van der Waals surface area (Å²) in [6.07, 6.45) is -41.1. The van der Waals surface area contributed by atoms with Gasteiger partial charge in [-0.3, -0.25) is 0 Å². The van der Waals surface area contributed by atoms with Gasteiger partial charge in [0.25, 0.3) is 0 Å². The van der Waals surface area contributed by atoms with Gasteiger partial charge in [-0.25, -0.2) is 0 Å². The van der Waals surface area contributed by atoms with Gasteiger partial charge in [0.05, 0.1) is 19.8 Å². The lowest BCUT2D eigenvalue weighted by Gasteiger charge is -2.50. The monoisotopic (exact) mass is 858 g/mol. The molecule has 1 aliphatic heterocycles. The first-order chi connectivity index (χ1) is 22.2. The molecule has 0 bridgehead atoms. The van der Waals surface area contributed by atoms with E-state index in [0.29, 0.717) is 0 Å². The Bertz CT molecular complexity index is 1000. The Hall–Kier alpha value is -1.06. The third kappa shape index (κ3) is 11.2. The third-order valence-electron chi connectivity index (χ3n) is 6.64. The highest BCUT2D eigenvalue weighted by Crippen LogP contribution is 2.50. The van der Waals surface area contributed by atoms with Gasteiger partial charge in [0.15, 0.2) is 0 Å². The first-order valence-electron chi connectivity index (χ1n) is 13.7. The lowest BCUT2D eigenvalue weighted by atomic mass is 10.3. The predicted octanol–water partition coefficient (Wildman–Crippen LogP) is 9.86. The molecule has 1 heterocycles. The molecule has 6 nitrogen and oxygen atoms in total. The summed E-state index contributed by atoms with van der Waals surface area (Å²) in [4.78, 5) is 0. The fourth-order valence-corrected chi connectivity index (χ4v) is 21.7. The average Bonchev–Trinajstić information content (AvgIpc) is 2.89. The Balaban J connectivity index is 3.14. The van der Waals surface area contributed by atoms with Gasteiger partial charge < -0.3 is 26.6 Å². The van der Waals surface area contributed by atoms with E-state index in [4.69, 9.17) is 12.3 Å². The van der Waals surface area contributed by atoms with Crippen LogP contribution in [0.4, 0.5) is 92.2 Å². The summed E-state index contributed by atoms with van der Waals surface area (Å²) in [5, 5.41) is 0. The van der Waals surface area contributed by atoms with Gasteiger partial charge in [-0.1, -0.05) is 0 Å². The number of rotatable bonds is 18. The standard InChI is InChI=1S/C21H27F21O6Si3/c1-49(10-4-7-43-19(37,38)13(22,23)16(28,29)30)46-50(2,11-5-8-44-20(39,40)14(24,25)17(31,32)33)48-51(3,47-49)12-6-9-45-21(41,42)15(26,27)18(34,35)36/h4-12H2,1-3H3. The van der Waals surface area contributed by atoms with Crippen LogP contribution in [0.25, 0.3) is 0 Å². The van der Waals surface area contributed by atoms with E-state index in [0.717, 1.165) is 19.6 Å². The van der Waals surface area contributed by atoms with Crippen molar-refractivity contribution in [2.24, 2.45) is 0 Å². The molecule has 0 amide bonds. The van der Waals surface area contributed by atoms with Crippen molar-refractivity contribution in [2.75, 3.05) is 19.8 Å². The highest BCUT2D eigenvalue weighted by molar-refractivity contribution is 6.93. The zero-order chi connectivity index (χ0) is 40.6. The largest absolute Gasteiger partial charge is 0.462 e. The van der Waals surface area contributed by atoms with E-state index in [1.165, 1.54) is 0 Å². The van der Waals surface area contributed by atoms with Gasteiger partial charge in [-0.2, -0.15) is 92.2 Å². The number of hydrogen-bond acceptors (Lipinski definition) is 6. The Morgan fingerprint density at radius 2 is 0.529 bits per heavy atom. The maximum atomic E-state index is 13.5. The quantitative estimate of drug-likeness (QED) is 0.0778. The lowest BCUT2D eigenvalue weighted by Crippen LogP contribution is -2.67. The second-order valence-electron chi connectivity index (χ2n) is 11.3. The summed E-state index contributed by atoms with van der Waals surface area (Å²) in [5.41, 5.74) is 0. The molecule has 0 saturated carbocycles. The smallest absolute Gasteiger partial charge is 0.416 e. The van der Waals surface area contributed by atoms with Crippen molar-refractivity contribution in [3.63, 3.8) is 0 Å². The van der Waals surface area contributed by atoms with Crippen molar-refractivity contribution in [3.05, 3.63) is 0 Å². The molecule has 51 heavy (non-hydrogen) atoms. The number of hydrogen-bond donors (Lipinski definition) is 0. The minimum atomic E-state index is -6.75. The molecule has 0 unspecified atom stereocenters. The molecular formula is C21H27F21O6Si3. The fraction of sp³-hybridized carbons (Fsp3) is 1.00. The Kier molecular flexibility index (Phi) is 14.3. The van der Waals surface area contributed by atoms with Crippen LogP contribution in [-0.2, 0) is 26.6 Å². The highest BCUT2D eigenvalue weighted by atomic mass is 28.5. The molecular weight excluding hydrogens is 831 g/mol. The van der Waals surface area contributed by atoms with E-state index < -0.39 is 138 Å². The van der Waals surface area contributed by atoms with Crippen molar-refractivity contribution in [1.29, 1.82) is 0 Å². The molecule has 1 rings (SSSR count). The van der Waals surface area contributed by atoms with Gasteiger partial charge >= 0.3 is 80.3 Å². The summed E-state index contributed by atoms with van der Waals surface area (Å²) in [6, 6.07) is -1.93. The molecule has 0 radical (unpaired) electrons. The molecule has 306 valence electrons. The lowest BCUT2D eigenvalue weighted by molar-refractivity contribution is -0.424. The highest BCUT2D eigenvalue weighted by Gasteiger charge is 2.76. The molecule has 1 fully saturated rings. The van der Waals surface area contributed by atoms with E-state index in [9.17, 15) is 92.2 Å². The van der Waals surface area contributed by atoms with Crippen molar-refractivity contribution in [1.82, 2.24) is 0 Å². The Morgan fingerprint density at radius 3 is 0.686 bits per heavy atom. The van der Waals surface area contributed by atoms with E-state index in [1.807, 2.05) is 0 Å². The Morgan fingerprint density at radius 1 is 0.353 bits per heavy atom. The van der Waals surface area contributed by atoms with Gasteiger partial charge in [-0.05, 0) is 57.0 Å². The van der Waals surface area contributed by atoms with Crippen LogP contribution < -0.4 is 0 Å². The molecule has 30 heteroatoms. The molecule has 0 N–H and O–H groups in total. The van der Waals surface area contributed by atoms with Crippen LogP contribution in [0.1, 0.15) is 19.3 Å². The molecule has 0 aromatic carbocycles. The third-order valence-corrected chi connectivity index (χ3v) is 20.8. The molecule has 0 aliphatic carbocycles. The minimum absolute atomic E-state index is 0.645. The minimum Gasteiger partial charge on any atom is -0.416 e. The normalized spacial score (nSPS) is 25.4. The Labute approximate surface area is 276 Å². The second kappa shape index (κ2) is 15.2. The van der Waals surface area contributed by atoms with Gasteiger partial charge in [0.2, 0.25) is 0 Å². The molecule has 0 aromatic rings. The number of halogens is 21. The molecule has 1 aliphatic rings. The van der Waals surface area contributed by atoms with Gasteiger partial charge in [0, 0.05) is 0 Å². The van der Waals surface area contributed by atoms with Crippen molar-refractivity contribution in [3.8, 4) is 0 Å².